The summed E-state index contributed by atoms with van der Waals surface area (Å²) in [6.07, 6.45) is 6.06. The number of rotatable bonds is 2. The van der Waals surface area contributed by atoms with Crippen LogP contribution >= 0.6 is 0 Å². The Bertz CT molecular complexity index is 469. The molecule has 2 heterocycles. The minimum Gasteiger partial charge on any atom is -0.431 e. The van der Waals surface area contributed by atoms with Gasteiger partial charge in [0.2, 0.25) is 0 Å². The highest BCUT2D eigenvalue weighted by atomic mass is 16.3. The summed E-state index contributed by atoms with van der Waals surface area (Å²) in [5.74, 6) is 0.734. The SMILES string of the molecule is NCCc1coc2nc3c(n12)CCC3. The molecule has 0 atom stereocenters. The lowest BCUT2D eigenvalue weighted by Gasteiger charge is -1.97. The van der Waals surface area contributed by atoms with E-state index in [1.165, 1.54) is 17.8 Å². The highest BCUT2D eigenvalue weighted by Gasteiger charge is 2.21. The van der Waals surface area contributed by atoms with Crippen LogP contribution in [0.3, 0.4) is 0 Å². The van der Waals surface area contributed by atoms with E-state index >= 15 is 0 Å². The number of hydrogen-bond acceptors (Lipinski definition) is 3. The second-order valence-electron chi connectivity index (χ2n) is 3.74. The zero-order chi connectivity index (χ0) is 9.54. The molecule has 0 fully saturated rings. The van der Waals surface area contributed by atoms with E-state index in [9.17, 15) is 0 Å². The van der Waals surface area contributed by atoms with Crippen LogP contribution in [-0.4, -0.2) is 15.9 Å². The maximum absolute atomic E-state index is 5.55. The van der Waals surface area contributed by atoms with E-state index < -0.39 is 0 Å². The highest BCUT2D eigenvalue weighted by molar-refractivity contribution is 5.37. The molecule has 4 heteroatoms. The minimum atomic E-state index is 0.654. The number of hydrogen-bond donors (Lipinski definition) is 1. The maximum Gasteiger partial charge on any atom is 0.306 e. The second-order valence-corrected chi connectivity index (χ2v) is 3.74. The van der Waals surface area contributed by atoms with Gasteiger partial charge in [0.15, 0.2) is 0 Å². The molecule has 0 saturated heterocycles. The zero-order valence-electron chi connectivity index (χ0n) is 7.99. The Hall–Kier alpha value is -1.29. The van der Waals surface area contributed by atoms with Crippen molar-refractivity contribution < 1.29 is 4.42 Å². The minimum absolute atomic E-state index is 0.654. The molecule has 1 aliphatic carbocycles. The number of imidazole rings is 1. The summed E-state index contributed by atoms with van der Waals surface area (Å²) in [6.45, 7) is 0.654. The number of nitrogens with two attached hydrogens (primary N) is 1. The molecule has 14 heavy (non-hydrogen) atoms. The molecule has 2 aromatic rings. The highest BCUT2D eigenvalue weighted by Crippen LogP contribution is 2.25. The van der Waals surface area contributed by atoms with E-state index in [0.717, 1.165) is 30.8 Å². The molecule has 0 aliphatic heterocycles. The molecule has 2 N–H and O–H groups in total. The van der Waals surface area contributed by atoms with E-state index in [0.29, 0.717) is 6.54 Å². The monoisotopic (exact) mass is 191 g/mol. The summed E-state index contributed by atoms with van der Waals surface area (Å²) in [7, 11) is 0. The van der Waals surface area contributed by atoms with E-state index in [4.69, 9.17) is 10.2 Å². The van der Waals surface area contributed by atoms with Crippen LogP contribution in [0.1, 0.15) is 23.5 Å². The standard InChI is InChI=1S/C10H13N3O/c11-5-4-7-6-14-10-12-8-2-1-3-9(8)13(7)10/h6H,1-5,11H2. The molecule has 0 spiro atoms. The van der Waals surface area contributed by atoms with Crippen LogP contribution in [-0.2, 0) is 19.3 Å². The van der Waals surface area contributed by atoms with Gasteiger partial charge in [-0.2, -0.15) is 4.98 Å². The third-order valence-electron chi connectivity index (χ3n) is 2.84. The molecule has 0 saturated carbocycles. The number of oxazole rings is 1. The molecule has 4 nitrogen and oxygen atoms in total. The molecule has 0 bridgehead atoms. The molecule has 0 radical (unpaired) electrons. The fourth-order valence-corrected chi connectivity index (χ4v) is 2.22. The second kappa shape index (κ2) is 2.85. The topological polar surface area (TPSA) is 56.5 Å². The van der Waals surface area contributed by atoms with Crippen molar-refractivity contribution in [2.45, 2.75) is 25.7 Å². The number of nitrogens with zero attached hydrogens (tertiary/aromatic N) is 2. The lowest BCUT2D eigenvalue weighted by molar-refractivity contribution is 0.591. The summed E-state index contributed by atoms with van der Waals surface area (Å²) in [5, 5.41) is 0. The van der Waals surface area contributed by atoms with Gasteiger partial charge in [-0.05, 0) is 25.8 Å². The van der Waals surface area contributed by atoms with Gasteiger partial charge in [0.05, 0.1) is 11.4 Å². The van der Waals surface area contributed by atoms with Crippen LogP contribution in [0.5, 0.6) is 0 Å². The predicted molar refractivity (Wildman–Crippen MR) is 52.2 cm³/mol. The van der Waals surface area contributed by atoms with Crippen LogP contribution < -0.4 is 5.73 Å². The molecule has 3 rings (SSSR count). The number of aryl methyl sites for hydroxylation is 2. The molecule has 0 amide bonds. The van der Waals surface area contributed by atoms with E-state index in [1.807, 2.05) is 0 Å². The van der Waals surface area contributed by atoms with E-state index in [2.05, 4.69) is 9.38 Å². The smallest absolute Gasteiger partial charge is 0.306 e. The third kappa shape index (κ3) is 0.944. The van der Waals surface area contributed by atoms with Gasteiger partial charge in [0.1, 0.15) is 6.26 Å². The molecule has 74 valence electrons. The Morgan fingerprint density at radius 1 is 1.50 bits per heavy atom. The van der Waals surface area contributed by atoms with Gasteiger partial charge in [-0.1, -0.05) is 0 Å². The van der Waals surface area contributed by atoms with Crippen molar-refractivity contribution >= 4 is 5.84 Å². The Balaban J connectivity index is 2.22. The van der Waals surface area contributed by atoms with Crippen molar-refractivity contribution in [2.24, 2.45) is 5.73 Å². The van der Waals surface area contributed by atoms with Crippen molar-refractivity contribution in [3.8, 4) is 0 Å². The van der Waals surface area contributed by atoms with Gasteiger partial charge >= 0.3 is 5.84 Å². The Morgan fingerprint density at radius 2 is 2.43 bits per heavy atom. The first-order chi connectivity index (χ1) is 6.90. The Labute approximate surface area is 81.7 Å². The van der Waals surface area contributed by atoms with Gasteiger partial charge in [-0.15, -0.1) is 0 Å². The fourth-order valence-electron chi connectivity index (χ4n) is 2.22. The van der Waals surface area contributed by atoms with Crippen LogP contribution in [0, 0.1) is 0 Å². The van der Waals surface area contributed by atoms with Gasteiger partial charge < -0.3 is 10.2 Å². The van der Waals surface area contributed by atoms with Crippen LogP contribution in [0.2, 0.25) is 0 Å². The maximum atomic E-state index is 5.55. The average Bonchev–Trinajstić information content (AvgIpc) is 2.77. The van der Waals surface area contributed by atoms with Gasteiger partial charge in [0.25, 0.3) is 0 Å². The lowest BCUT2D eigenvalue weighted by Crippen LogP contribution is -2.05. The van der Waals surface area contributed by atoms with Crippen LogP contribution in [0.4, 0.5) is 0 Å². The summed E-state index contributed by atoms with van der Waals surface area (Å²) in [4.78, 5) is 4.45. The largest absolute Gasteiger partial charge is 0.431 e. The Morgan fingerprint density at radius 3 is 3.29 bits per heavy atom. The van der Waals surface area contributed by atoms with Crippen molar-refractivity contribution in [1.82, 2.24) is 9.38 Å². The normalized spacial score (nSPS) is 15.2. The van der Waals surface area contributed by atoms with Crippen molar-refractivity contribution in [2.75, 3.05) is 6.54 Å². The summed E-state index contributed by atoms with van der Waals surface area (Å²) in [6, 6.07) is 0. The van der Waals surface area contributed by atoms with Gasteiger partial charge in [-0.3, -0.25) is 4.40 Å². The fraction of sp³-hybridized carbons (Fsp3) is 0.500. The van der Waals surface area contributed by atoms with Crippen molar-refractivity contribution in [1.29, 1.82) is 0 Å². The Kier molecular flexibility index (Phi) is 1.64. The molecule has 2 aromatic heterocycles. The summed E-state index contributed by atoms with van der Waals surface area (Å²) < 4.78 is 7.53. The molecular formula is C10H13N3O. The van der Waals surface area contributed by atoms with Crippen molar-refractivity contribution in [3.05, 3.63) is 23.3 Å². The van der Waals surface area contributed by atoms with Crippen molar-refractivity contribution in [3.63, 3.8) is 0 Å². The third-order valence-corrected chi connectivity index (χ3v) is 2.84. The lowest BCUT2D eigenvalue weighted by atomic mass is 10.3. The summed E-state index contributed by atoms with van der Waals surface area (Å²) >= 11 is 0. The quantitative estimate of drug-likeness (QED) is 0.767. The summed E-state index contributed by atoms with van der Waals surface area (Å²) in [5.41, 5.74) is 9.24. The molecule has 1 aliphatic rings. The van der Waals surface area contributed by atoms with Gasteiger partial charge in [-0.25, -0.2) is 0 Å². The number of fused-ring (bicyclic) bond motifs is 3. The first kappa shape index (κ1) is 8.05. The zero-order valence-corrected chi connectivity index (χ0v) is 7.99. The molecular weight excluding hydrogens is 178 g/mol. The predicted octanol–water partition coefficient (Wildman–Crippen LogP) is 0.917. The van der Waals surface area contributed by atoms with Crippen LogP contribution in [0.25, 0.3) is 5.84 Å². The van der Waals surface area contributed by atoms with E-state index in [-0.39, 0.29) is 0 Å². The van der Waals surface area contributed by atoms with E-state index in [1.54, 1.807) is 6.26 Å². The molecule has 0 unspecified atom stereocenters. The van der Waals surface area contributed by atoms with Crippen LogP contribution in [0.15, 0.2) is 10.7 Å². The first-order valence-electron chi connectivity index (χ1n) is 5.07. The first-order valence-corrected chi connectivity index (χ1v) is 5.07. The number of aromatic nitrogens is 2. The average molecular weight is 191 g/mol. The van der Waals surface area contributed by atoms with Gasteiger partial charge in [0, 0.05) is 12.1 Å². The molecule has 0 aromatic carbocycles.